The average molecular weight is 268 g/mol. The minimum Gasteiger partial charge on any atom is -0.479 e. The summed E-state index contributed by atoms with van der Waals surface area (Å²) in [5.74, 6) is -2.74. The van der Waals surface area contributed by atoms with E-state index in [9.17, 15) is 30.3 Å². The van der Waals surface area contributed by atoms with Crippen LogP contribution in [0.3, 0.4) is 0 Å². The van der Waals surface area contributed by atoms with Gasteiger partial charge in [0.15, 0.2) is 5.60 Å². The van der Waals surface area contributed by atoms with E-state index >= 15 is 0 Å². The second-order valence-electron chi connectivity index (χ2n) is 4.87. The molecule has 1 aliphatic rings. The summed E-state index contributed by atoms with van der Waals surface area (Å²) in [5, 5.41) is 48.8. The molecular formula is C13H16O6. The van der Waals surface area contributed by atoms with Crippen LogP contribution in [-0.2, 0) is 4.79 Å². The summed E-state index contributed by atoms with van der Waals surface area (Å²) in [6.45, 7) is 0. The highest BCUT2D eigenvalue weighted by molar-refractivity contribution is 5.79. The van der Waals surface area contributed by atoms with Crippen LogP contribution in [-0.4, -0.2) is 55.4 Å². The first-order valence-corrected chi connectivity index (χ1v) is 5.93. The molecule has 2 rings (SSSR count). The van der Waals surface area contributed by atoms with Crippen molar-refractivity contribution in [1.29, 1.82) is 0 Å². The zero-order valence-electron chi connectivity index (χ0n) is 10.0. The van der Waals surface area contributed by atoms with Gasteiger partial charge in [-0.05, 0) is 5.56 Å². The predicted molar refractivity (Wildman–Crippen MR) is 64.4 cm³/mol. The van der Waals surface area contributed by atoms with Gasteiger partial charge in [0.2, 0.25) is 0 Å². The Kier molecular flexibility index (Phi) is 3.60. The van der Waals surface area contributed by atoms with E-state index in [2.05, 4.69) is 0 Å². The van der Waals surface area contributed by atoms with Crippen LogP contribution in [0.4, 0.5) is 0 Å². The summed E-state index contributed by atoms with van der Waals surface area (Å²) in [6.07, 6.45) is -5.09. The van der Waals surface area contributed by atoms with Crippen LogP contribution in [0.25, 0.3) is 0 Å². The van der Waals surface area contributed by atoms with E-state index in [0.717, 1.165) is 0 Å². The molecule has 0 radical (unpaired) electrons. The Hall–Kier alpha value is -1.47. The Morgan fingerprint density at radius 3 is 2.21 bits per heavy atom. The van der Waals surface area contributed by atoms with Crippen LogP contribution in [0, 0.1) is 0 Å². The van der Waals surface area contributed by atoms with Gasteiger partial charge in [-0.1, -0.05) is 30.3 Å². The highest BCUT2D eigenvalue weighted by Gasteiger charge is 2.56. The number of carboxylic acids is 1. The van der Waals surface area contributed by atoms with Gasteiger partial charge in [0, 0.05) is 6.42 Å². The Morgan fingerprint density at radius 2 is 1.68 bits per heavy atom. The van der Waals surface area contributed by atoms with E-state index in [0.29, 0.717) is 5.56 Å². The smallest absolute Gasteiger partial charge is 0.336 e. The molecule has 6 nitrogen and oxygen atoms in total. The van der Waals surface area contributed by atoms with Gasteiger partial charge in [0.1, 0.15) is 6.10 Å². The highest BCUT2D eigenvalue weighted by Crippen LogP contribution is 2.41. The number of aliphatic hydroxyl groups is 4. The van der Waals surface area contributed by atoms with Crippen LogP contribution in [0.5, 0.6) is 0 Å². The van der Waals surface area contributed by atoms with E-state index in [4.69, 9.17) is 0 Å². The predicted octanol–water partition coefficient (Wildman–Crippen LogP) is -0.928. The maximum Gasteiger partial charge on any atom is 0.336 e. The third-order valence-electron chi connectivity index (χ3n) is 3.65. The largest absolute Gasteiger partial charge is 0.479 e. The van der Waals surface area contributed by atoms with Gasteiger partial charge in [-0.15, -0.1) is 0 Å². The monoisotopic (exact) mass is 268 g/mol. The Bertz CT molecular complexity index is 461. The maximum absolute atomic E-state index is 11.3. The van der Waals surface area contributed by atoms with Crippen molar-refractivity contribution < 1.29 is 30.3 Å². The van der Waals surface area contributed by atoms with Gasteiger partial charge in [-0.2, -0.15) is 0 Å². The molecule has 5 atom stereocenters. The van der Waals surface area contributed by atoms with Crippen molar-refractivity contribution in [3.05, 3.63) is 35.9 Å². The van der Waals surface area contributed by atoms with Crippen molar-refractivity contribution >= 4 is 5.97 Å². The quantitative estimate of drug-likeness (QED) is 0.473. The lowest BCUT2D eigenvalue weighted by molar-refractivity contribution is -0.195. The van der Waals surface area contributed by atoms with Gasteiger partial charge in [-0.3, -0.25) is 0 Å². The molecule has 1 fully saturated rings. The lowest BCUT2D eigenvalue weighted by Gasteiger charge is -2.44. The van der Waals surface area contributed by atoms with Crippen LogP contribution in [0.1, 0.15) is 17.9 Å². The Morgan fingerprint density at radius 1 is 1.11 bits per heavy atom. The van der Waals surface area contributed by atoms with Gasteiger partial charge < -0.3 is 25.5 Å². The maximum atomic E-state index is 11.3. The molecule has 0 bridgehead atoms. The minimum absolute atomic E-state index is 0.394. The summed E-state index contributed by atoms with van der Waals surface area (Å²) in [5.41, 5.74) is -1.93. The Labute approximate surface area is 109 Å². The second kappa shape index (κ2) is 4.90. The Balaban J connectivity index is 2.48. The topological polar surface area (TPSA) is 118 Å². The molecule has 104 valence electrons. The molecular weight excluding hydrogens is 252 g/mol. The molecule has 0 saturated heterocycles. The number of aliphatic carboxylic acids is 1. The molecule has 0 aliphatic heterocycles. The fourth-order valence-electron chi connectivity index (χ4n) is 2.63. The van der Waals surface area contributed by atoms with Gasteiger partial charge >= 0.3 is 5.97 Å². The zero-order valence-corrected chi connectivity index (χ0v) is 10.0. The molecule has 1 aromatic rings. The molecule has 0 spiro atoms. The second-order valence-corrected chi connectivity index (χ2v) is 4.87. The number of carbonyl (C=O) groups is 1. The first kappa shape index (κ1) is 14.0. The van der Waals surface area contributed by atoms with Crippen molar-refractivity contribution in [3.63, 3.8) is 0 Å². The fourth-order valence-corrected chi connectivity index (χ4v) is 2.63. The van der Waals surface area contributed by atoms with Crippen LogP contribution in [0.15, 0.2) is 30.3 Å². The number of carboxylic acid groups (broad SMARTS) is 1. The molecule has 1 saturated carbocycles. The lowest BCUT2D eigenvalue weighted by atomic mass is 9.68. The van der Waals surface area contributed by atoms with E-state index < -0.39 is 42.2 Å². The summed E-state index contributed by atoms with van der Waals surface area (Å²) in [4.78, 5) is 11.3. The zero-order chi connectivity index (χ0) is 14.2. The van der Waals surface area contributed by atoms with Crippen molar-refractivity contribution in [2.45, 2.75) is 36.3 Å². The van der Waals surface area contributed by atoms with Gasteiger partial charge in [-0.25, -0.2) is 4.79 Å². The third kappa shape index (κ3) is 2.23. The molecule has 5 N–H and O–H groups in total. The van der Waals surface area contributed by atoms with Gasteiger partial charge in [0.25, 0.3) is 0 Å². The SMILES string of the molecule is O=C(O)C1(O)C[C@@H](O)C(O)[C@H](O)C1c1ccccc1. The summed E-state index contributed by atoms with van der Waals surface area (Å²) < 4.78 is 0. The average Bonchev–Trinajstić information content (AvgIpc) is 2.37. The molecule has 0 heterocycles. The van der Waals surface area contributed by atoms with E-state index in [1.807, 2.05) is 0 Å². The molecule has 1 aromatic carbocycles. The summed E-state index contributed by atoms with van der Waals surface area (Å²) >= 11 is 0. The van der Waals surface area contributed by atoms with Crippen LogP contribution in [0.2, 0.25) is 0 Å². The van der Waals surface area contributed by atoms with Crippen molar-refractivity contribution in [1.82, 2.24) is 0 Å². The van der Waals surface area contributed by atoms with Crippen molar-refractivity contribution in [3.8, 4) is 0 Å². The fraction of sp³-hybridized carbons (Fsp3) is 0.462. The minimum atomic E-state index is -2.32. The van der Waals surface area contributed by atoms with E-state index in [1.165, 1.54) is 0 Å². The molecule has 6 heteroatoms. The highest BCUT2D eigenvalue weighted by atomic mass is 16.4. The van der Waals surface area contributed by atoms with Crippen LogP contribution >= 0.6 is 0 Å². The normalized spacial score (nSPS) is 38.9. The molecule has 0 amide bonds. The molecule has 0 aromatic heterocycles. The molecule has 1 aliphatic carbocycles. The number of rotatable bonds is 2. The standard InChI is InChI=1S/C13H16O6/c14-8-6-13(19,12(17)18)9(11(16)10(8)15)7-4-2-1-3-5-7/h1-5,8-11,14-16,19H,6H2,(H,17,18)/t8-,9?,10?,11-,13?/m1/s1. The summed E-state index contributed by atoms with van der Waals surface area (Å²) in [6, 6.07) is 8.12. The lowest BCUT2D eigenvalue weighted by Crippen LogP contribution is -2.61. The van der Waals surface area contributed by atoms with E-state index in [1.54, 1.807) is 30.3 Å². The van der Waals surface area contributed by atoms with E-state index in [-0.39, 0.29) is 0 Å². The summed E-state index contributed by atoms with van der Waals surface area (Å²) in [7, 11) is 0. The first-order valence-electron chi connectivity index (χ1n) is 5.93. The van der Waals surface area contributed by atoms with Crippen molar-refractivity contribution in [2.24, 2.45) is 0 Å². The molecule has 3 unspecified atom stereocenters. The van der Waals surface area contributed by atoms with Crippen molar-refractivity contribution in [2.75, 3.05) is 0 Å². The number of benzene rings is 1. The number of hydrogen-bond acceptors (Lipinski definition) is 5. The number of aliphatic hydroxyl groups excluding tert-OH is 3. The van der Waals surface area contributed by atoms with Crippen LogP contribution < -0.4 is 0 Å². The molecule has 19 heavy (non-hydrogen) atoms. The first-order chi connectivity index (χ1) is 8.88. The number of hydrogen-bond donors (Lipinski definition) is 5. The third-order valence-corrected chi connectivity index (χ3v) is 3.65. The van der Waals surface area contributed by atoms with Gasteiger partial charge in [0.05, 0.1) is 18.1 Å².